The zero-order valence-corrected chi connectivity index (χ0v) is 8.55. The maximum absolute atomic E-state index is 8.57. The molecule has 16 heavy (non-hydrogen) atoms. The summed E-state index contributed by atoms with van der Waals surface area (Å²) in [5.74, 6) is 1.25. The Morgan fingerprint density at radius 3 is 1.12 bits per heavy atom. The van der Waals surface area contributed by atoms with Gasteiger partial charge in [-0.25, -0.2) is 4.79 Å². The largest absolute Gasteiger partial charge is 0.373 e. The first-order valence-electron chi connectivity index (χ1n) is 4.37. The standard InChI is InChI=1S/C10H8.C2H2O.CO2/c1-2-6-10-8-4-3-7-9(10)5-1;1-2-3;2-1-3/h1-8H;1H2;. The van der Waals surface area contributed by atoms with E-state index in [1.165, 1.54) is 16.7 Å². The lowest BCUT2D eigenvalue weighted by Gasteiger charge is -1.92. The fourth-order valence-corrected chi connectivity index (χ4v) is 1.13. The number of benzene rings is 2. The fourth-order valence-electron chi connectivity index (χ4n) is 1.13. The Labute approximate surface area is 93.0 Å². The fraction of sp³-hybridized carbons (Fsp3) is 0. The average Bonchev–Trinajstić information content (AvgIpc) is 2.31. The van der Waals surface area contributed by atoms with Gasteiger partial charge in [0.2, 0.25) is 0 Å². The Balaban J connectivity index is 0.000000321. The molecule has 0 spiro atoms. The van der Waals surface area contributed by atoms with Crippen LogP contribution in [0, 0.1) is 0 Å². The minimum absolute atomic E-state index is 0.250. The van der Waals surface area contributed by atoms with Crippen molar-refractivity contribution in [2.45, 2.75) is 0 Å². The molecule has 0 amide bonds. The summed E-state index contributed by atoms with van der Waals surface area (Å²) in [6.07, 6.45) is 0.250. The predicted octanol–water partition coefficient (Wildman–Crippen LogP) is 2.26. The van der Waals surface area contributed by atoms with Crippen LogP contribution >= 0.6 is 0 Å². The van der Waals surface area contributed by atoms with Gasteiger partial charge in [0.15, 0.2) is 0 Å². The molecular formula is C13H10O3. The second kappa shape index (κ2) is 9.10. The van der Waals surface area contributed by atoms with Crippen molar-refractivity contribution in [2.24, 2.45) is 0 Å². The molecule has 2 aromatic carbocycles. The van der Waals surface area contributed by atoms with Gasteiger partial charge in [0.1, 0.15) is 5.94 Å². The summed E-state index contributed by atoms with van der Waals surface area (Å²) >= 11 is 0. The molecule has 3 nitrogen and oxygen atoms in total. The Morgan fingerprint density at radius 1 is 0.750 bits per heavy atom. The molecule has 0 atom stereocenters. The van der Waals surface area contributed by atoms with Crippen LogP contribution in [-0.4, -0.2) is 12.1 Å². The molecule has 0 aromatic heterocycles. The van der Waals surface area contributed by atoms with Crippen LogP contribution in [0.15, 0.2) is 55.1 Å². The zero-order valence-electron chi connectivity index (χ0n) is 8.55. The van der Waals surface area contributed by atoms with Crippen molar-refractivity contribution in [1.82, 2.24) is 0 Å². The summed E-state index contributed by atoms with van der Waals surface area (Å²) in [5, 5.41) is 2.62. The highest BCUT2D eigenvalue weighted by molar-refractivity contribution is 5.81. The summed E-state index contributed by atoms with van der Waals surface area (Å²) in [4.78, 5) is 24.8. The van der Waals surface area contributed by atoms with E-state index in [0.29, 0.717) is 0 Å². The van der Waals surface area contributed by atoms with Crippen LogP contribution in [-0.2, 0) is 14.4 Å². The lowest BCUT2D eigenvalue weighted by molar-refractivity contribution is -0.191. The molecule has 0 N–H and O–H groups in total. The van der Waals surface area contributed by atoms with Crippen molar-refractivity contribution < 1.29 is 14.4 Å². The number of carbonyl (C=O) groups excluding carboxylic acids is 3. The maximum atomic E-state index is 8.57. The van der Waals surface area contributed by atoms with Gasteiger partial charge in [0, 0.05) is 0 Å². The number of hydrogen-bond acceptors (Lipinski definition) is 3. The van der Waals surface area contributed by atoms with Gasteiger partial charge in [-0.2, -0.15) is 9.59 Å². The topological polar surface area (TPSA) is 51.2 Å². The molecule has 0 heterocycles. The van der Waals surface area contributed by atoms with Crippen molar-refractivity contribution in [1.29, 1.82) is 0 Å². The van der Waals surface area contributed by atoms with Crippen LogP contribution in [0.25, 0.3) is 10.8 Å². The first-order chi connectivity index (χ1) is 7.79. The Hall–Kier alpha value is -2.47. The SMILES string of the molecule is C=C=O.O=C=O.c1ccc2ccccc2c1. The Kier molecular flexibility index (Phi) is 7.69. The van der Waals surface area contributed by atoms with E-state index in [4.69, 9.17) is 14.4 Å². The van der Waals surface area contributed by atoms with E-state index >= 15 is 0 Å². The molecule has 0 unspecified atom stereocenters. The summed E-state index contributed by atoms with van der Waals surface area (Å²) < 4.78 is 0. The van der Waals surface area contributed by atoms with Gasteiger partial charge in [-0.1, -0.05) is 48.5 Å². The van der Waals surface area contributed by atoms with Crippen molar-refractivity contribution in [3.05, 3.63) is 55.1 Å². The summed E-state index contributed by atoms with van der Waals surface area (Å²) in [6, 6.07) is 16.7. The second-order valence-electron chi connectivity index (χ2n) is 2.57. The molecule has 80 valence electrons. The molecule has 0 aliphatic carbocycles. The lowest BCUT2D eigenvalue weighted by Crippen LogP contribution is -1.67. The van der Waals surface area contributed by atoms with Crippen LogP contribution in [0.2, 0.25) is 0 Å². The second-order valence-corrected chi connectivity index (χ2v) is 2.57. The average molecular weight is 214 g/mol. The van der Waals surface area contributed by atoms with Gasteiger partial charge in [0.05, 0.1) is 0 Å². The minimum atomic E-state index is 0.250. The molecule has 0 radical (unpaired) electrons. The highest BCUT2D eigenvalue weighted by Gasteiger charge is 1.85. The predicted molar refractivity (Wildman–Crippen MR) is 60.3 cm³/mol. The van der Waals surface area contributed by atoms with Crippen LogP contribution in [0.5, 0.6) is 0 Å². The lowest BCUT2D eigenvalue weighted by atomic mass is 10.1. The Morgan fingerprint density at radius 2 is 0.938 bits per heavy atom. The molecule has 0 bridgehead atoms. The van der Waals surface area contributed by atoms with Crippen LogP contribution in [0.1, 0.15) is 0 Å². The van der Waals surface area contributed by atoms with E-state index in [1.54, 1.807) is 0 Å². The van der Waals surface area contributed by atoms with Gasteiger partial charge in [0.25, 0.3) is 0 Å². The van der Waals surface area contributed by atoms with Crippen molar-refractivity contribution in [3.63, 3.8) is 0 Å². The molecule has 0 aliphatic heterocycles. The van der Waals surface area contributed by atoms with Gasteiger partial charge >= 0.3 is 6.15 Å². The highest BCUT2D eigenvalue weighted by Crippen LogP contribution is 2.11. The molecule has 2 rings (SSSR count). The summed E-state index contributed by atoms with van der Waals surface area (Å²) in [5.41, 5.74) is 0. The van der Waals surface area contributed by atoms with E-state index in [2.05, 4.69) is 55.1 Å². The first-order valence-corrected chi connectivity index (χ1v) is 4.37. The van der Waals surface area contributed by atoms with E-state index in [0.717, 1.165) is 0 Å². The zero-order chi connectivity index (χ0) is 12.2. The first kappa shape index (κ1) is 13.5. The Bertz CT molecular complexity index is 414. The van der Waals surface area contributed by atoms with Crippen LogP contribution in [0.4, 0.5) is 0 Å². The van der Waals surface area contributed by atoms with Gasteiger partial charge in [-0.15, -0.1) is 0 Å². The van der Waals surface area contributed by atoms with Crippen molar-refractivity contribution in [3.8, 4) is 0 Å². The normalized spacial score (nSPS) is 7.25. The number of rotatable bonds is 0. The molecule has 0 aliphatic rings. The highest BCUT2D eigenvalue weighted by atomic mass is 16.2. The number of fused-ring (bicyclic) bond motifs is 1. The van der Waals surface area contributed by atoms with Crippen molar-refractivity contribution >= 4 is 22.9 Å². The molecule has 2 aromatic rings. The molecule has 3 heteroatoms. The van der Waals surface area contributed by atoms with Gasteiger partial charge in [-0.3, -0.25) is 0 Å². The monoisotopic (exact) mass is 214 g/mol. The van der Waals surface area contributed by atoms with E-state index in [9.17, 15) is 0 Å². The molecule has 0 saturated carbocycles. The summed E-state index contributed by atoms with van der Waals surface area (Å²) in [7, 11) is 0. The third-order valence-electron chi connectivity index (χ3n) is 1.66. The number of hydrogen-bond donors (Lipinski definition) is 0. The van der Waals surface area contributed by atoms with Gasteiger partial charge < -0.3 is 0 Å². The quantitative estimate of drug-likeness (QED) is 0.632. The van der Waals surface area contributed by atoms with E-state index in [-0.39, 0.29) is 6.15 Å². The summed E-state index contributed by atoms with van der Waals surface area (Å²) in [6.45, 7) is 2.68. The van der Waals surface area contributed by atoms with Gasteiger partial charge in [-0.05, 0) is 17.4 Å². The molecular weight excluding hydrogens is 204 g/mol. The van der Waals surface area contributed by atoms with Crippen LogP contribution < -0.4 is 0 Å². The molecule has 0 fully saturated rings. The molecule has 0 saturated heterocycles. The van der Waals surface area contributed by atoms with Crippen LogP contribution in [0.3, 0.4) is 0 Å². The smallest absolute Gasteiger partial charge is 0.234 e. The third-order valence-corrected chi connectivity index (χ3v) is 1.66. The van der Waals surface area contributed by atoms with E-state index < -0.39 is 0 Å². The maximum Gasteiger partial charge on any atom is 0.373 e. The van der Waals surface area contributed by atoms with Crippen molar-refractivity contribution in [2.75, 3.05) is 0 Å². The third kappa shape index (κ3) is 5.30. The minimum Gasteiger partial charge on any atom is -0.234 e. The van der Waals surface area contributed by atoms with E-state index in [1.807, 2.05) is 0 Å².